The second kappa shape index (κ2) is 5.05. The predicted molar refractivity (Wildman–Crippen MR) is 79.0 cm³/mol. The van der Waals surface area contributed by atoms with Gasteiger partial charge in [0.15, 0.2) is 5.65 Å². The lowest BCUT2D eigenvalue weighted by molar-refractivity contribution is 0.374. The normalized spacial score (nSPS) is 27.3. The minimum atomic E-state index is 0.559. The third-order valence-corrected chi connectivity index (χ3v) is 4.60. The van der Waals surface area contributed by atoms with E-state index in [0.717, 1.165) is 24.7 Å². The molecule has 2 unspecified atom stereocenters. The number of aromatic nitrogens is 3. The van der Waals surface area contributed by atoms with Crippen molar-refractivity contribution < 1.29 is 0 Å². The molecule has 0 spiro atoms. The average molecular weight is 271 g/mol. The molecule has 1 N–H and O–H groups in total. The summed E-state index contributed by atoms with van der Waals surface area (Å²) in [5.74, 6) is 0.898. The molecule has 0 amide bonds. The monoisotopic (exact) mass is 271 g/mol. The molecule has 20 heavy (non-hydrogen) atoms. The van der Waals surface area contributed by atoms with Crippen LogP contribution in [0.1, 0.15) is 32.1 Å². The van der Waals surface area contributed by atoms with Crippen molar-refractivity contribution in [3.05, 3.63) is 24.4 Å². The second-order valence-corrected chi connectivity index (χ2v) is 5.87. The van der Waals surface area contributed by atoms with E-state index in [1.807, 2.05) is 28.9 Å². The standard InChI is InChI=1S/C15H21N5/c1-3-10-19(13(7-1)12-6-5-9-16-12)15-17-14-8-2-4-11-20(14)18-15/h2,4,8,11-13,16H,1,3,5-7,9-10H2. The molecule has 0 bridgehead atoms. The molecule has 2 aromatic heterocycles. The van der Waals surface area contributed by atoms with E-state index in [0.29, 0.717) is 12.1 Å². The molecule has 2 saturated heterocycles. The molecule has 0 radical (unpaired) electrons. The minimum Gasteiger partial charge on any atom is -0.335 e. The lowest BCUT2D eigenvalue weighted by atomic mass is 9.95. The van der Waals surface area contributed by atoms with Gasteiger partial charge in [-0.25, -0.2) is 4.52 Å². The van der Waals surface area contributed by atoms with E-state index in [1.165, 1.54) is 32.1 Å². The van der Waals surface area contributed by atoms with Crippen LogP contribution in [-0.2, 0) is 0 Å². The van der Waals surface area contributed by atoms with Crippen LogP contribution in [0.3, 0.4) is 0 Å². The Labute approximate surface area is 119 Å². The molecule has 0 aromatic carbocycles. The van der Waals surface area contributed by atoms with Crippen LogP contribution < -0.4 is 10.2 Å². The van der Waals surface area contributed by atoms with Crippen LogP contribution in [0.5, 0.6) is 0 Å². The van der Waals surface area contributed by atoms with Crippen molar-refractivity contribution in [1.29, 1.82) is 0 Å². The highest BCUT2D eigenvalue weighted by Gasteiger charge is 2.33. The number of fused-ring (bicyclic) bond motifs is 1. The summed E-state index contributed by atoms with van der Waals surface area (Å²) < 4.78 is 1.88. The molecule has 5 nitrogen and oxygen atoms in total. The lowest BCUT2D eigenvalue weighted by Gasteiger charge is -2.38. The van der Waals surface area contributed by atoms with Gasteiger partial charge in [0.05, 0.1) is 0 Å². The highest BCUT2D eigenvalue weighted by atomic mass is 15.4. The van der Waals surface area contributed by atoms with Crippen molar-refractivity contribution in [2.24, 2.45) is 0 Å². The average Bonchev–Trinajstić information content (AvgIpc) is 3.16. The van der Waals surface area contributed by atoms with Crippen LogP contribution in [0.2, 0.25) is 0 Å². The number of hydrogen-bond donors (Lipinski definition) is 1. The van der Waals surface area contributed by atoms with E-state index in [-0.39, 0.29) is 0 Å². The van der Waals surface area contributed by atoms with Crippen molar-refractivity contribution in [3.8, 4) is 0 Å². The van der Waals surface area contributed by atoms with Crippen molar-refractivity contribution in [2.45, 2.75) is 44.2 Å². The quantitative estimate of drug-likeness (QED) is 0.905. The number of hydrogen-bond acceptors (Lipinski definition) is 4. The molecular weight excluding hydrogens is 250 g/mol. The summed E-state index contributed by atoms with van der Waals surface area (Å²) in [5.41, 5.74) is 0.936. The molecule has 2 aromatic rings. The fourth-order valence-electron chi connectivity index (χ4n) is 3.61. The zero-order chi connectivity index (χ0) is 13.4. The molecule has 4 heterocycles. The highest BCUT2D eigenvalue weighted by Crippen LogP contribution is 2.27. The van der Waals surface area contributed by atoms with E-state index >= 15 is 0 Å². The van der Waals surface area contributed by atoms with E-state index < -0.39 is 0 Å². The Morgan fingerprint density at radius 2 is 2.15 bits per heavy atom. The molecule has 2 atom stereocenters. The lowest BCUT2D eigenvalue weighted by Crippen LogP contribution is -2.50. The second-order valence-electron chi connectivity index (χ2n) is 5.87. The largest absolute Gasteiger partial charge is 0.335 e. The first kappa shape index (κ1) is 12.1. The molecule has 2 aliphatic rings. The Hall–Kier alpha value is -1.62. The zero-order valence-corrected chi connectivity index (χ0v) is 11.7. The predicted octanol–water partition coefficient (Wildman–Crippen LogP) is 1.84. The van der Waals surface area contributed by atoms with Crippen LogP contribution in [0.15, 0.2) is 24.4 Å². The van der Waals surface area contributed by atoms with Gasteiger partial charge in [0.2, 0.25) is 5.95 Å². The first-order valence-electron chi connectivity index (χ1n) is 7.73. The molecule has 2 fully saturated rings. The van der Waals surface area contributed by atoms with Gasteiger partial charge in [-0.05, 0) is 50.8 Å². The van der Waals surface area contributed by atoms with Crippen molar-refractivity contribution in [1.82, 2.24) is 19.9 Å². The Bertz CT molecular complexity index is 554. The third kappa shape index (κ3) is 2.06. The van der Waals surface area contributed by atoms with Gasteiger partial charge in [0.1, 0.15) is 0 Å². The molecule has 0 saturated carbocycles. The number of nitrogens with one attached hydrogen (secondary N) is 1. The summed E-state index contributed by atoms with van der Waals surface area (Å²) in [7, 11) is 0. The highest BCUT2D eigenvalue weighted by molar-refractivity contribution is 5.45. The third-order valence-electron chi connectivity index (χ3n) is 4.60. The first-order valence-corrected chi connectivity index (χ1v) is 7.73. The number of rotatable bonds is 2. The zero-order valence-electron chi connectivity index (χ0n) is 11.7. The van der Waals surface area contributed by atoms with Gasteiger partial charge in [-0.2, -0.15) is 4.98 Å². The molecular formula is C15H21N5. The van der Waals surface area contributed by atoms with Crippen molar-refractivity contribution in [2.75, 3.05) is 18.0 Å². The summed E-state index contributed by atoms with van der Waals surface area (Å²) in [6.45, 7) is 2.24. The van der Waals surface area contributed by atoms with Gasteiger partial charge in [-0.15, -0.1) is 5.10 Å². The molecule has 0 aliphatic carbocycles. The van der Waals surface area contributed by atoms with Crippen molar-refractivity contribution in [3.63, 3.8) is 0 Å². The number of nitrogens with zero attached hydrogens (tertiary/aromatic N) is 4. The van der Waals surface area contributed by atoms with Crippen LogP contribution in [0.25, 0.3) is 5.65 Å². The van der Waals surface area contributed by atoms with E-state index in [9.17, 15) is 0 Å². The topological polar surface area (TPSA) is 45.5 Å². The van der Waals surface area contributed by atoms with Gasteiger partial charge in [-0.3, -0.25) is 0 Å². The van der Waals surface area contributed by atoms with Crippen molar-refractivity contribution >= 4 is 11.6 Å². The summed E-state index contributed by atoms with van der Waals surface area (Å²) in [4.78, 5) is 7.14. The minimum absolute atomic E-state index is 0.559. The smallest absolute Gasteiger partial charge is 0.245 e. The van der Waals surface area contributed by atoms with Crippen LogP contribution in [-0.4, -0.2) is 39.8 Å². The number of anilines is 1. The Kier molecular flexibility index (Phi) is 3.07. The first-order chi connectivity index (χ1) is 9.92. The summed E-state index contributed by atoms with van der Waals surface area (Å²) in [6, 6.07) is 7.20. The number of piperidine rings is 1. The van der Waals surface area contributed by atoms with E-state index in [1.54, 1.807) is 0 Å². The maximum absolute atomic E-state index is 4.71. The molecule has 5 heteroatoms. The van der Waals surface area contributed by atoms with Gasteiger partial charge >= 0.3 is 0 Å². The van der Waals surface area contributed by atoms with Crippen LogP contribution in [0.4, 0.5) is 5.95 Å². The summed E-state index contributed by atoms with van der Waals surface area (Å²) in [5, 5.41) is 8.32. The summed E-state index contributed by atoms with van der Waals surface area (Å²) >= 11 is 0. The summed E-state index contributed by atoms with van der Waals surface area (Å²) in [6.07, 6.45) is 8.39. The SMILES string of the molecule is c1ccn2nc(N3CCCCC3C3CCCN3)nc2c1. The van der Waals surface area contributed by atoms with Gasteiger partial charge < -0.3 is 10.2 Å². The fourth-order valence-corrected chi connectivity index (χ4v) is 3.61. The van der Waals surface area contributed by atoms with Crippen LogP contribution in [0, 0.1) is 0 Å². The number of pyridine rings is 1. The maximum atomic E-state index is 4.71. The Balaban J connectivity index is 1.66. The fraction of sp³-hybridized carbons (Fsp3) is 0.600. The van der Waals surface area contributed by atoms with Gasteiger partial charge in [0.25, 0.3) is 0 Å². The Morgan fingerprint density at radius 1 is 1.15 bits per heavy atom. The van der Waals surface area contributed by atoms with Crippen LogP contribution >= 0.6 is 0 Å². The molecule has 4 rings (SSSR count). The van der Waals surface area contributed by atoms with Gasteiger partial charge in [-0.1, -0.05) is 6.07 Å². The maximum Gasteiger partial charge on any atom is 0.245 e. The molecule has 2 aliphatic heterocycles. The van der Waals surface area contributed by atoms with Gasteiger partial charge in [0, 0.05) is 24.8 Å². The Morgan fingerprint density at radius 3 is 3.00 bits per heavy atom. The molecule has 106 valence electrons. The van der Waals surface area contributed by atoms with E-state index in [2.05, 4.69) is 15.3 Å². The van der Waals surface area contributed by atoms with E-state index in [4.69, 9.17) is 4.98 Å².